The molecule has 0 aromatic carbocycles. The zero-order valence-electron chi connectivity index (χ0n) is 24.1. The van der Waals surface area contributed by atoms with Crippen molar-refractivity contribution in [3.63, 3.8) is 0 Å². The van der Waals surface area contributed by atoms with Gasteiger partial charge in [0.15, 0.2) is 0 Å². The Labute approximate surface area is 225 Å². The maximum Gasteiger partial charge on any atom is 0.0701 e. The predicted molar refractivity (Wildman–Crippen MR) is 145 cm³/mol. The van der Waals surface area contributed by atoms with Crippen LogP contribution in [0.2, 0.25) is 0 Å². The van der Waals surface area contributed by atoms with E-state index in [2.05, 4.69) is 27.7 Å². The topological polar surface area (TPSA) is 88.4 Å². The van der Waals surface area contributed by atoms with E-state index in [4.69, 9.17) is 14.2 Å². The Hall–Kier alpha value is -0.240. The van der Waals surface area contributed by atoms with Crippen LogP contribution in [-0.2, 0) is 14.2 Å². The lowest BCUT2D eigenvalue weighted by Gasteiger charge is -2.64. The van der Waals surface area contributed by atoms with Gasteiger partial charge in [0.2, 0.25) is 0 Å². The Morgan fingerprint density at radius 3 is 2.24 bits per heavy atom. The van der Waals surface area contributed by atoms with Gasteiger partial charge in [0.25, 0.3) is 0 Å². The molecular weight excluding hydrogens is 468 g/mol. The number of unbranched alkanes of at least 4 members (excludes halogenated alkanes) is 1. The molecule has 6 heteroatoms. The van der Waals surface area contributed by atoms with E-state index in [9.17, 15) is 15.3 Å². The van der Waals surface area contributed by atoms with Crippen molar-refractivity contribution in [3.8, 4) is 0 Å². The van der Waals surface area contributed by atoms with Crippen LogP contribution in [0.15, 0.2) is 0 Å². The Balaban J connectivity index is 1.66. The highest BCUT2D eigenvalue weighted by atomic mass is 16.5. The monoisotopic (exact) mass is 524 g/mol. The minimum atomic E-state index is 0.0684. The molecule has 216 valence electrons. The van der Waals surface area contributed by atoms with E-state index in [1.807, 2.05) is 0 Å². The second-order valence-electron chi connectivity index (χ2n) is 13.3. The Morgan fingerprint density at radius 2 is 1.54 bits per heavy atom. The molecule has 4 aliphatic carbocycles. The highest BCUT2D eigenvalue weighted by molar-refractivity contribution is 5.15. The van der Waals surface area contributed by atoms with Crippen molar-refractivity contribution in [2.75, 3.05) is 39.6 Å². The molecule has 11 atom stereocenters. The van der Waals surface area contributed by atoms with Crippen LogP contribution in [0.25, 0.3) is 0 Å². The third-order valence-corrected chi connectivity index (χ3v) is 11.7. The number of aliphatic hydroxyl groups is 3. The minimum Gasteiger partial charge on any atom is -0.394 e. The molecule has 0 radical (unpaired) electrons. The summed E-state index contributed by atoms with van der Waals surface area (Å²) in [5.41, 5.74) is 0.311. The molecule has 37 heavy (non-hydrogen) atoms. The first-order valence-corrected chi connectivity index (χ1v) is 15.5. The Bertz CT molecular complexity index is 703. The number of fused-ring (bicyclic) bond motifs is 5. The SMILES string of the molecule is CCCC[C@@H](C)[C@H]1CC[C@H]2C3[C@H](OCCO)CC4C[C@@H](OCCO)CC[C@]4(C)[C@H]3C[C@H](OCCO)[C@]12C. The van der Waals surface area contributed by atoms with Crippen molar-refractivity contribution in [1.29, 1.82) is 0 Å². The lowest BCUT2D eigenvalue weighted by Crippen LogP contribution is -2.63. The second kappa shape index (κ2) is 13.0. The summed E-state index contributed by atoms with van der Waals surface area (Å²) in [5.74, 6) is 3.38. The van der Waals surface area contributed by atoms with Gasteiger partial charge in [-0.05, 0) is 85.9 Å². The van der Waals surface area contributed by atoms with E-state index in [1.165, 1.54) is 32.1 Å². The summed E-state index contributed by atoms with van der Waals surface area (Å²) in [6, 6.07) is 0. The number of aliphatic hydroxyl groups excluding tert-OH is 3. The summed E-state index contributed by atoms with van der Waals surface area (Å²) in [7, 11) is 0. The van der Waals surface area contributed by atoms with Crippen LogP contribution >= 0.6 is 0 Å². The molecule has 2 unspecified atom stereocenters. The van der Waals surface area contributed by atoms with Crippen molar-refractivity contribution in [2.45, 2.75) is 110 Å². The van der Waals surface area contributed by atoms with Crippen LogP contribution in [0.5, 0.6) is 0 Å². The first kappa shape index (κ1) is 29.7. The first-order chi connectivity index (χ1) is 17.8. The van der Waals surface area contributed by atoms with Crippen LogP contribution in [0.3, 0.4) is 0 Å². The van der Waals surface area contributed by atoms with E-state index in [1.54, 1.807) is 0 Å². The Morgan fingerprint density at radius 1 is 0.838 bits per heavy atom. The van der Waals surface area contributed by atoms with Gasteiger partial charge in [-0.15, -0.1) is 0 Å². The molecule has 0 heterocycles. The van der Waals surface area contributed by atoms with E-state index >= 15 is 0 Å². The highest BCUT2D eigenvalue weighted by Crippen LogP contribution is 2.69. The predicted octanol–water partition coefficient (Wildman–Crippen LogP) is 4.82. The normalized spacial score (nSPS) is 44.2. The minimum absolute atomic E-state index is 0.0684. The zero-order valence-corrected chi connectivity index (χ0v) is 24.1. The smallest absolute Gasteiger partial charge is 0.0701 e. The van der Waals surface area contributed by atoms with E-state index in [0.29, 0.717) is 55.3 Å². The number of hydrogen-bond acceptors (Lipinski definition) is 6. The van der Waals surface area contributed by atoms with Crippen molar-refractivity contribution in [3.05, 3.63) is 0 Å². The van der Waals surface area contributed by atoms with Gasteiger partial charge in [-0.2, -0.15) is 0 Å². The van der Waals surface area contributed by atoms with Crippen LogP contribution in [0.4, 0.5) is 0 Å². The van der Waals surface area contributed by atoms with E-state index in [-0.39, 0.29) is 49.0 Å². The average Bonchev–Trinajstić information content (AvgIpc) is 3.26. The number of hydrogen-bond donors (Lipinski definition) is 3. The van der Waals surface area contributed by atoms with E-state index < -0.39 is 0 Å². The van der Waals surface area contributed by atoms with Crippen LogP contribution in [-0.4, -0.2) is 73.3 Å². The Kier molecular flexibility index (Phi) is 10.4. The number of rotatable bonds is 13. The van der Waals surface area contributed by atoms with Crippen molar-refractivity contribution in [2.24, 2.45) is 46.3 Å². The largest absolute Gasteiger partial charge is 0.394 e. The third kappa shape index (κ3) is 5.67. The van der Waals surface area contributed by atoms with Gasteiger partial charge >= 0.3 is 0 Å². The van der Waals surface area contributed by atoms with Gasteiger partial charge < -0.3 is 29.5 Å². The fourth-order valence-electron chi connectivity index (χ4n) is 9.98. The lowest BCUT2D eigenvalue weighted by molar-refractivity contribution is -0.229. The summed E-state index contributed by atoms with van der Waals surface area (Å²) >= 11 is 0. The molecule has 0 saturated heterocycles. The average molecular weight is 525 g/mol. The lowest BCUT2D eigenvalue weighted by atomic mass is 9.43. The zero-order chi connectivity index (χ0) is 26.6. The molecule has 4 aliphatic rings. The van der Waals surface area contributed by atoms with Gasteiger partial charge in [0.05, 0.1) is 58.0 Å². The molecule has 0 aromatic rings. The van der Waals surface area contributed by atoms with Crippen LogP contribution in [0, 0.1) is 46.3 Å². The summed E-state index contributed by atoms with van der Waals surface area (Å²) < 4.78 is 19.2. The maximum absolute atomic E-state index is 9.72. The van der Waals surface area contributed by atoms with Crippen molar-refractivity contribution < 1.29 is 29.5 Å². The molecule has 4 saturated carbocycles. The van der Waals surface area contributed by atoms with Gasteiger partial charge in [0.1, 0.15) is 0 Å². The second-order valence-corrected chi connectivity index (χ2v) is 13.3. The molecular formula is C31H56O6. The van der Waals surface area contributed by atoms with Gasteiger partial charge in [0, 0.05) is 5.41 Å². The van der Waals surface area contributed by atoms with Crippen LogP contribution < -0.4 is 0 Å². The van der Waals surface area contributed by atoms with Gasteiger partial charge in [-0.3, -0.25) is 0 Å². The quantitative estimate of drug-likeness (QED) is 0.320. The molecule has 0 aromatic heterocycles. The molecule has 0 aliphatic heterocycles. The van der Waals surface area contributed by atoms with E-state index in [0.717, 1.165) is 32.1 Å². The summed E-state index contributed by atoms with van der Waals surface area (Å²) in [5, 5.41) is 28.7. The van der Waals surface area contributed by atoms with Gasteiger partial charge in [-0.25, -0.2) is 0 Å². The van der Waals surface area contributed by atoms with Crippen molar-refractivity contribution in [1.82, 2.24) is 0 Å². The summed E-state index contributed by atoms with van der Waals surface area (Å²) in [6.45, 7) is 11.3. The third-order valence-electron chi connectivity index (χ3n) is 11.7. The van der Waals surface area contributed by atoms with Gasteiger partial charge in [-0.1, -0.05) is 47.0 Å². The molecule has 0 bridgehead atoms. The van der Waals surface area contributed by atoms with Crippen LogP contribution in [0.1, 0.15) is 91.9 Å². The molecule has 4 rings (SSSR count). The van der Waals surface area contributed by atoms with Crippen molar-refractivity contribution >= 4 is 0 Å². The molecule has 0 spiro atoms. The first-order valence-electron chi connectivity index (χ1n) is 15.5. The molecule has 4 fully saturated rings. The fraction of sp³-hybridized carbons (Fsp3) is 1.00. The number of ether oxygens (including phenoxy) is 3. The fourth-order valence-corrected chi connectivity index (χ4v) is 9.98. The maximum atomic E-state index is 9.72. The summed E-state index contributed by atoms with van der Waals surface area (Å²) in [6.07, 6.45) is 12.2. The molecule has 3 N–H and O–H groups in total. The molecule has 0 amide bonds. The standard InChI is InChI=1S/C31H56O6/c1-5-6-7-21(2)24-8-9-25-29-26(20-28(31(24,25)4)37-17-14-34)30(3)11-10-23(35-15-12-32)18-22(30)19-27(29)36-16-13-33/h21-29,32-34H,5-20H2,1-4H3/t21-,22?,23+,24-,25+,26+,27-,28+,29?,30+,31-/m1/s1. The summed E-state index contributed by atoms with van der Waals surface area (Å²) in [4.78, 5) is 0. The highest BCUT2D eigenvalue weighted by Gasteiger charge is 2.66. The molecule has 6 nitrogen and oxygen atoms in total.